The van der Waals surface area contributed by atoms with E-state index in [0.717, 1.165) is 5.56 Å². The number of hydrogen-bond donors (Lipinski definition) is 2. The van der Waals surface area contributed by atoms with Crippen LogP contribution in [0.2, 0.25) is 10.0 Å². The first-order chi connectivity index (χ1) is 13.3. The molecular weight excluding hydrogens is 419 g/mol. The molecule has 144 valence electrons. The molecule has 8 heteroatoms. The minimum Gasteiger partial charge on any atom is -0.348 e. The number of anilines is 1. The molecule has 0 aliphatic carbocycles. The molecule has 0 heterocycles. The number of rotatable bonds is 6. The maximum Gasteiger partial charge on any atom is 0.261 e. The van der Waals surface area contributed by atoms with Crippen LogP contribution in [0.25, 0.3) is 0 Å². The number of hydrogen-bond acceptors (Lipinski definition) is 3. The van der Waals surface area contributed by atoms with Crippen LogP contribution >= 0.6 is 23.2 Å². The van der Waals surface area contributed by atoms with E-state index in [2.05, 4.69) is 10.0 Å². The lowest BCUT2D eigenvalue weighted by molar-refractivity contribution is 0.0952. The maximum absolute atomic E-state index is 12.6. The molecule has 0 aliphatic rings. The van der Waals surface area contributed by atoms with Gasteiger partial charge in [-0.2, -0.15) is 0 Å². The van der Waals surface area contributed by atoms with E-state index in [9.17, 15) is 13.2 Å². The smallest absolute Gasteiger partial charge is 0.261 e. The molecule has 5 nitrogen and oxygen atoms in total. The second-order valence-electron chi connectivity index (χ2n) is 5.92. The second-order valence-corrected chi connectivity index (χ2v) is 8.47. The number of halogens is 2. The van der Waals surface area contributed by atoms with Gasteiger partial charge >= 0.3 is 0 Å². The highest BCUT2D eigenvalue weighted by Crippen LogP contribution is 2.24. The summed E-state index contributed by atoms with van der Waals surface area (Å²) in [6.07, 6.45) is 0. The Morgan fingerprint density at radius 1 is 0.857 bits per heavy atom. The van der Waals surface area contributed by atoms with Gasteiger partial charge in [-0.05, 0) is 48.0 Å². The van der Waals surface area contributed by atoms with Gasteiger partial charge in [-0.25, -0.2) is 8.42 Å². The second kappa shape index (κ2) is 8.65. The summed E-state index contributed by atoms with van der Waals surface area (Å²) >= 11 is 11.8. The van der Waals surface area contributed by atoms with Crippen molar-refractivity contribution in [2.24, 2.45) is 0 Å². The van der Waals surface area contributed by atoms with Gasteiger partial charge in [-0.1, -0.05) is 53.5 Å². The normalized spacial score (nSPS) is 11.1. The summed E-state index contributed by atoms with van der Waals surface area (Å²) in [5.41, 5.74) is 1.17. The van der Waals surface area contributed by atoms with Crippen LogP contribution in [0.3, 0.4) is 0 Å². The van der Waals surface area contributed by atoms with Gasteiger partial charge < -0.3 is 5.32 Å². The van der Waals surface area contributed by atoms with Crippen molar-refractivity contribution in [3.05, 3.63) is 94.0 Å². The van der Waals surface area contributed by atoms with Crippen LogP contribution in [0.1, 0.15) is 15.9 Å². The fourth-order valence-electron chi connectivity index (χ4n) is 2.48. The van der Waals surface area contributed by atoms with Crippen LogP contribution in [0.5, 0.6) is 0 Å². The fraction of sp³-hybridized carbons (Fsp3) is 0.0500. The van der Waals surface area contributed by atoms with Gasteiger partial charge in [-0.15, -0.1) is 0 Å². The molecule has 0 saturated heterocycles. The van der Waals surface area contributed by atoms with E-state index < -0.39 is 15.9 Å². The van der Waals surface area contributed by atoms with Gasteiger partial charge in [0.25, 0.3) is 15.9 Å². The summed E-state index contributed by atoms with van der Waals surface area (Å²) in [7, 11) is -3.90. The number of nitrogens with one attached hydrogen (secondary N) is 2. The molecule has 28 heavy (non-hydrogen) atoms. The summed E-state index contributed by atoms with van der Waals surface area (Å²) in [6, 6.07) is 19.5. The quantitative estimate of drug-likeness (QED) is 0.588. The molecule has 0 spiro atoms. The van der Waals surface area contributed by atoms with Crippen LogP contribution in [0, 0.1) is 0 Å². The molecule has 0 aliphatic heterocycles. The number of carbonyl (C=O) groups excluding carboxylic acids is 1. The van der Waals surface area contributed by atoms with Gasteiger partial charge in [0.15, 0.2) is 0 Å². The third kappa shape index (κ3) is 5.04. The first-order valence-corrected chi connectivity index (χ1v) is 10.5. The van der Waals surface area contributed by atoms with E-state index in [1.54, 1.807) is 0 Å². The average Bonchev–Trinajstić information content (AvgIpc) is 2.68. The van der Waals surface area contributed by atoms with Crippen molar-refractivity contribution in [3.63, 3.8) is 0 Å². The van der Waals surface area contributed by atoms with Crippen molar-refractivity contribution in [1.82, 2.24) is 5.32 Å². The monoisotopic (exact) mass is 434 g/mol. The predicted octanol–water partition coefficient (Wildman–Crippen LogP) is 4.72. The zero-order valence-electron chi connectivity index (χ0n) is 14.5. The van der Waals surface area contributed by atoms with E-state index in [1.807, 2.05) is 30.3 Å². The Morgan fingerprint density at radius 2 is 1.50 bits per heavy atom. The van der Waals surface area contributed by atoms with Crippen molar-refractivity contribution in [2.75, 3.05) is 4.72 Å². The van der Waals surface area contributed by atoms with Gasteiger partial charge in [0.05, 0.1) is 16.1 Å². The standard InChI is InChI=1S/C20H16Cl2N2O3S/c21-15-6-9-17(10-7-15)28(26,27)24-19-11-8-16(22)12-18(19)20(25)23-13-14-4-2-1-3-5-14/h1-12,24H,13H2,(H,23,25). The molecule has 3 rings (SSSR count). The van der Waals surface area contributed by atoms with Gasteiger partial charge in [-0.3, -0.25) is 9.52 Å². The molecule has 0 bridgehead atoms. The molecule has 0 fully saturated rings. The lowest BCUT2D eigenvalue weighted by Crippen LogP contribution is -2.25. The van der Waals surface area contributed by atoms with E-state index in [1.165, 1.54) is 42.5 Å². The van der Waals surface area contributed by atoms with Crippen LogP contribution < -0.4 is 10.0 Å². The van der Waals surface area contributed by atoms with Crippen LogP contribution in [0.15, 0.2) is 77.7 Å². The Kier molecular flexibility index (Phi) is 6.24. The molecular formula is C20H16Cl2N2O3S. The fourth-order valence-corrected chi connectivity index (χ4v) is 3.86. The average molecular weight is 435 g/mol. The van der Waals surface area contributed by atoms with Crippen molar-refractivity contribution in [3.8, 4) is 0 Å². The van der Waals surface area contributed by atoms with Gasteiger partial charge in [0.2, 0.25) is 0 Å². The van der Waals surface area contributed by atoms with E-state index in [4.69, 9.17) is 23.2 Å². The first kappa shape index (κ1) is 20.2. The van der Waals surface area contributed by atoms with Crippen molar-refractivity contribution in [2.45, 2.75) is 11.4 Å². The van der Waals surface area contributed by atoms with Crippen LogP contribution in [-0.4, -0.2) is 14.3 Å². The Bertz CT molecular complexity index is 1090. The molecule has 0 unspecified atom stereocenters. The minimum atomic E-state index is -3.90. The van der Waals surface area contributed by atoms with Crippen LogP contribution in [0.4, 0.5) is 5.69 Å². The Labute approximate surface area is 173 Å². The Hall–Kier alpha value is -2.54. The van der Waals surface area contributed by atoms with Crippen LogP contribution in [-0.2, 0) is 16.6 Å². The number of carbonyl (C=O) groups is 1. The van der Waals surface area contributed by atoms with Crippen molar-refractivity contribution < 1.29 is 13.2 Å². The Morgan fingerprint density at radius 3 is 2.18 bits per heavy atom. The zero-order valence-corrected chi connectivity index (χ0v) is 16.9. The molecule has 1 amide bonds. The van der Waals surface area contributed by atoms with Gasteiger partial charge in [0, 0.05) is 16.6 Å². The Balaban J connectivity index is 1.84. The lowest BCUT2D eigenvalue weighted by atomic mass is 10.1. The number of benzene rings is 3. The molecule has 0 atom stereocenters. The third-order valence-corrected chi connectivity index (χ3v) is 5.76. The summed E-state index contributed by atoms with van der Waals surface area (Å²) in [5.74, 6) is -0.444. The number of sulfonamides is 1. The summed E-state index contributed by atoms with van der Waals surface area (Å²) < 4.78 is 27.7. The summed E-state index contributed by atoms with van der Waals surface area (Å²) in [6.45, 7) is 0.301. The summed E-state index contributed by atoms with van der Waals surface area (Å²) in [5, 5.41) is 3.51. The first-order valence-electron chi connectivity index (χ1n) is 8.25. The highest BCUT2D eigenvalue weighted by molar-refractivity contribution is 7.92. The minimum absolute atomic E-state index is 0.0301. The van der Waals surface area contributed by atoms with E-state index >= 15 is 0 Å². The lowest BCUT2D eigenvalue weighted by Gasteiger charge is -2.13. The van der Waals surface area contributed by atoms with Crippen molar-refractivity contribution >= 4 is 44.8 Å². The SMILES string of the molecule is O=C(NCc1ccccc1)c1cc(Cl)ccc1NS(=O)(=O)c1ccc(Cl)cc1. The molecule has 0 radical (unpaired) electrons. The van der Waals surface area contributed by atoms with E-state index in [0.29, 0.717) is 16.6 Å². The largest absolute Gasteiger partial charge is 0.348 e. The molecule has 0 aromatic heterocycles. The molecule has 3 aromatic rings. The molecule has 0 saturated carbocycles. The van der Waals surface area contributed by atoms with Crippen molar-refractivity contribution in [1.29, 1.82) is 0 Å². The highest BCUT2D eigenvalue weighted by Gasteiger charge is 2.19. The zero-order chi connectivity index (χ0) is 20.1. The number of amides is 1. The maximum atomic E-state index is 12.6. The molecule has 2 N–H and O–H groups in total. The third-order valence-electron chi connectivity index (χ3n) is 3.89. The highest BCUT2D eigenvalue weighted by atomic mass is 35.5. The van der Waals surface area contributed by atoms with E-state index in [-0.39, 0.29) is 16.1 Å². The topological polar surface area (TPSA) is 75.3 Å². The predicted molar refractivity (Wildman–Crippen MR) is 111 cm³/mol. The molecule has 3 aromatic carbocycles. The summed E-state index contributed by atoms with van der Waals surface area (Å²) in [4.78, 5) is 12.7. The van der Waals surface area contributed by atoms with Gasteiger partial charge in [0.1, 0.15) is 0 Å².